The minimum Gasteiger partial charge on any atom is -0.505 e. The van der Waals surface area contributed by atoms with Crippen LogP contribution in [0.4, 0.5) is 5.69 Å². The molecule has 5 nitrogen and oxygen atoms in total. The molecule has 0 spiro atoms. The molecule has 0 aromatic heterocycles. The summed E-state index contributed by atoms with van der Waals surface area (Å²) in [7, 11) is 0. The van der Waals surface area contributed by atoms with E-state index >= 15 is 0 Å². The van der Waals surface area contributed by atoms with Gasteiger partial charge in [0.1, 0.15) is 5.75 Å². The Kier molecular flexibility index (Phi) is 6.01. The largest absolute Gasteiger partial charge is 0.505 e. The van der Waals surface area contributed by atoms with E-state index in [1.54, 1.807) is 19.1 Å². The van der Waals surface area contributed by atoms with Crippen molar-refractivity contribution in [2.75, 3.05) is 12.3 Å². The summed E-state index contributed by atoms with van der Waals surface area (Å²) in [5.74, 6) is -1.08. The van der Waals surface area contributed by atoms with E-state index in [1.807, 2.05) is 30.3 Å². The molecule has 3 aromatic carbocycles. The molecule has 0 unspecified atom stereocenters. The summed E-state index contributed by atoms with van der Waals surface area (Å²) >= 11 is 1.44. The van der Waals surface area contributed by atoms with Crippen molar-refractivity contribution in [3.05, 3.63) is 83.4 Å². The maximum Gasteiger partial charge on any atom is 0.338 e. The molecule has 3 N–H and O–H groups in total. The van der Waals surface area contributed by atoms with Gasteiger partial charge in [0.05, 0.1) is 23.4 Å². The Balaban J connectivity index is 1.89. The second-order valence-electron chi connectivity index (χ2n) is 5.95. The van der Waals surface area contributed by atoms with Gasteiger partial charge in [0.2, 0.25) is 0 Å². The molecule has 0 bridgehead atoms. The number of rotatable bonds is 6. The highest BCUT2D eigenvalue weighted by Gasteiger charge is 2.18. The SMILES string of the molecule is CCOC(=O)c1ccc(C(=O)c2cc(Sc3ccccc3)cc(N)c2O)cc1. The molecule has 0 aliphatic rings. The van der Waals surface area contributed by atoms with E-state index in [0.717, 1.165) is 9.79 Å². The van der Waals surface area contributed by atoms with Crippen molar-refractivity contribution in [1.29, 1.82) is 0 Å². The first kappa shape index (κ1) is 19.5. The number of phenols is 1. The molecule has 28 heavy (non-hydrogen) atoms. The fourth-order valence-electron chi connectivity index (χ4n) is 2.61. The minimum atomic E-state index is -0.449. The highest BCUT2D eigenvalue weighted by molar-refractivity contribution is 7.99. The molecule has 3 aromatic rings. The van der Waals surface area contributed by atoms with Crippen molar-refractivity contribution < 1.29 is 19.4 Å². The van der Waals surface area contributed by atoms with Crippen LogP contribution in [0.25, 0.3) is 0 Å². The Morgan fingerprint density at radius 3 is 2.25 bits per heavy atom. The smallest absolute Gasteiger partial charge is 0.338 e. The molecule has 0 heterocycles. The zero-order chi connectivity index (χ0) is 20.1. The number of ketones is 1. The first-order valence-electron chi connectivity index (χ1n) is 8.67. The quantitative estimate of drug-likeness (QED) is 0.277. The molecule has 0 amide bonds. The number of anilines is 1. The molecule has 0 fully saturated rings. The standard InChI is InChI=1S/C22H19NO4S/c1-2-27-22(26)15-10-8-14(9-11-15)20(24)18-12-17(13-19(23)21(18)25)28-16-6-4-3-5-7-16/h3-13,25H,2,23H2,1H3. The Hall–Kier alpha value is -3.25. The zero-order valence-electron chi connectivity index (χ0n) is 15.2. The highest BCUT2D eigenvalue weighted by Crippen LogP contribution is 2.36. The monoisotopic (exact) mass is 393 g/mol. The van der Waals surface area contributed by atoms with Crippen molar-refractivity contribution in [3.8, 4) is 5.75 Å². The van der Waals surface area contributed by atoms with Crippen LogP contribution in [0.3, 0.4) is 0 Å². The van der Waals surface area contributed by atoms with Crippen molar-refractivity contribution >= 4 is 29.2 Å². The normalized spacial score (nSPS) is 10.5. The number of nitrogen functional groups attached to an aromatic ring is 1. The molecule has 3 rings (SSSR count). The van der Waals surface area contributed by atoms with Crippen LogP contribution < -0.4 is 5.73 Å². The van der Waals surface area contributed by atoms with Gasteiger partial charge in [-0.2, -0.15) is 0 Å². The lowest BCUT2D eigenvalue weighted by Crippen LogP contribution is -2.07. The van der Waals surface area contributed by atoms with Gasteiger partial charge < -0.3 is 15.6 Å². The topological polar surface area (TPSA) is 89.6 Å². The summed E-state index contributed by atoms with van der Waals surface area (Å²) < 4.78 is 4.94. The van der Waals surface area contributed by atoms with E-state index in [0.29, 0.717) is 11.1 Å². The fourth-order valence-corrected chi connectivity index (χ4v) is 3.54. The van der Waals surface area contributed by atoms with Crippen LogP contribution in [-0.2, 0) is 4.74 Å². The number of aromatic hydroxyl groups is 1. The second kappa shape index (κ2) is 8.63. The fraction of sp³-hybridized carbons (Fsp3) is 0.0909. The van der Waals surface area contributed by atoms with Gasteiger partial charge >= 0.3 is 5.97 Å². The van der Waals surface area contributed by atoms with Gasteiger partial charge in [-0.3, -0.25) is 4.79 Å². The van der Waals surface area contributed by atoms with E-state index in [9.17, 15) is 14.7 Å². The number of nitrogens with two attached hydrogens (primary N) is 1. The Morgan fingerprint density at radius 1 is 0.964 bits per heavy atom. The molecular formula is C22H19NO4S. The molecule has 0 aliphatic heterocycles. The summed E-state index contributed by atoms with van der Waals surface area (Å²) in [6, 6.07) is 19.0. The number of phenolic OH excluding ortho intramolecular Hbond substituents is 1. The van der Waals surface area contributed by atoms with Gasteiger partial charge in [0.25, 0.3) is 0 Å². The van der Waals surface area contributed by atoms with Crippen LogP contribution in [-0.4, -0.2) is 23.5 Å². The molecule has 0 saturated heterocycles. The lowest BCUT2D eigenvalue weighted by molar-refractivity contribution is 0.0526. The molecule has 6 heteroatoms. The maximum atomic E-state index is 12.9. The number of hydrogen-bond acceptors (Lipinski definition) is 6. The first-order valence-corrected chi connectivity index (χ1v) is 9.48. The molecule has 0 atom stereocenters. The third kappa shape index (κ3) is 4.35. The van der Waals surface area contributed by atoms with Crippen LogP contribution in [0.2, 0.25) is 0 Å². The van der Waals surface area contributed by atoms with E-state index < -0.39 is 5.97 Å². The Bertz CT molecular complexity index is 1000. The van der Waals surface area contributed by atoms with E-state index in [-0.39, 0.29) is 29.4 Å². The molecule has 0 aliphatic carbocycles. The number of carbonyl (C=O) groups excluding carboxylic acids is 2. The average molecular weight is 393 g/mol. The van der Waals surface area contributed by atoms with Crippen LogP contribution in [0.15, 0.2) is 76.5 Å². The number of benzene rings is 3. The third-order valence-electron chi connectivity index (χ3n) is 3.99. The number of hydrogen-bond donors (Lipinski definition) is 2. The van der Waals surface area contributed by atoms with Crippen LogP contribution in [0, 0.1) is 0 Å². The van der Waals surface area contributed by atoms with Gasteiger partial charge in [0.15, 0.2) is 5.78 Å². The van der Waals surface area contributed by atoms with Crippen molar-refractivity contribution in [3.63, 3.8) is 0 Å². The lowest BCUT2D eigenvalue weighted by atomic mass is 10.0. The molecular weight excluding hydrogens is 374 g/mol. The summed E-state index contributed by atoms with van der Waals surface area (Å²) in [5, 5.41) is 10.3. The van der Waals surface area contributed by atoms with Crippen molar-refractivity contribution in [2.24, 2.45) is 0 Å². The van der Waals surface area contributed by atoms with E-state index in [4.69, 9.17) is 10.5 Å². The van der Waals surface area contributed by atoms with Gasteiger partial charge in [-0.05, 0) is 43.3 Å². The van der Waals surface area contributed by atoms with Gasteiger partial charge in [0, 0.05) is 15.4 Å². The lowest BCUT2D eigenvalue weighted by Gasteiger charge is -2.10. The number of carbonyl (C=O) groups is 2. The third-order valence-corrected chi connectivity index (χ3v) is 4.97. The van der Waals surface area contributed by atoms with E-state index in [2.05, 4.69) is 0 Å². The molecule has 0 radical (unpaired) electrons. The first-order chi connectivity index (χ1) is 13.5. The number of ether oxygens (including phenoxy) is 1. The predicted octanol–water partition coefficient (Wildman–Crippen LogP) is 4.53. The summed E-state index contributed by atoms with van der Waals surface area (Å²) in [6.45, 7) is 2.00. The Morgan fingerprint density at radius 2 is 1.61 bits per heavy atom. The molecule has 0 saturated carbocycles. The van der Waals surface area contributed by atoms with Gasteiger partial charge in [-0.25, -0.2) is 4.79 Å². The minimum absolute atomic E-state index is 0.113. The van der Waals surface area contributed by atoms with Gasteiger partial charge in [-0.15, -0.1) is 0 Å². The van der Waals surface area contributed by atoms with Crippen LogP contribution >= 0.6 is 11.8 Å². The summed E-state index contributed by atoms with van der Waals surface area (Å²) in [4.78, 5) is 26.4. The number of esters is 1. The van der Waals surface area contributed by atoms with Crippen LogP contribution in [0.5, 0.6) is 5.75 Å². The van der Waals surface area contributed by atoms with Crippen molar-refractivity contribution in [2.45, 2.75) is 16.7 Å². The van der Waals surface area contributed by atoms with Gasteiger partial charge in [-0.1, -0.05) is 42.1 Å². The summed E-state index contributed by atoms with van der Waals surface area (Å²) in [5.41, 5.74) is 6.85. The average Bonchev–Trinajstić information content (AvgIpc) is 2.71. The Labute approximate surface area is 167 Å². The highest BCUT2D eigenvalue weighted by atomic mass is 32.2. The zero-order valence-corrected chi connectivity index (χ0v) is 16.0. The van der Waals surface area contributed by atoms with E-state index in [1.165, 1.54) is 36.0 Å². The van der Waals surface area contributed by atoms with Crippen molar-refractivity contribution in [1.82, 2.24) is 0 Å². The maximum absolute atomic E-state index is 12.9. The summed E-state index contributed by atoms with van der Waals surface area (Å²) in [6.07, 6.45) is 0. The molecule has 142 valence electrons. The second-order valence-corrected chi connectivity index (χ2v) is 7.10. The van der Waals surface area contributed by atoms with Crippen LogP contribution in [0.1, 0.15) is 33.2 Å². The predicted molar refractivity (Wildman–Crippen MR) is 109 cm³/mol.